The SMILES string of the molecule is CCNC(=NCc1cc2c(cc1OCC)CC(C)O2)NCc1nncn1CC. The van der Waals surface area contributed by atoms with E-state index < -0.39 is 0 Å². The summed E-state index contributed by atoms with van der Waals surface area (Å²) in [6.45, 7) is 11.5. The Morgan fingerprint density at radius 1 is 1.32 bits per heavy atom. The van der Waals surface area contributed by atoms with Gasteiger partial charge in [-0.15, -0.1) is 10.2 Å². The third kappa shape index (κ3) is 4.74. The number of fused-ring (bicyclic) bond motifs is 1. The third-order valence-electron chi connectivity index (χ3n) is 4.58. The monoisotopic (exact) mass is 386 g/mol. The summed E-state index contributed by atoms with van der Waals surface area (Å²) in [7, 11) is 0. The van der Waals surface area contributed by atoms with Gasteiger partial charge in [0.2, 0.25) is 0 Å². The average Bonchev–Trinajstić information content (AvgIpc) is 3.28. The van der Waals surface area contributed by atoms with E-state index in [1.165, 1.54) is 5.56 Å². The van der Waals surface area contributed by atoms with Gasteiger partial charge in [0, 0.05) is 30.6 Å². The molecule has 1 aromatic carbocycles. The van der Waals surface area contributed by atoms with Crippen molar-refractivity contribution < 1.29 is 9.47 Å². The molecule has 3 rings (SSSR count). The molecule has 1 aliphatic heterocycles. The number of rotatable bonds is 8. The van der Waals surface area contributed by atoms with E-state index in [4.69, 9.17) is 14.5 Å². The van der Waals surface area contributed by atoms with E-state index in [0.29, 0.717) is 19.7 Å². The zero-order chi connectivity index (χ0) is 19.9. The van der Waals surface area contributed by atoms with Gasteiger partial charge < -0.3 is 24.7 Å². The maximum atomic E-state index is 5.90. The van der Waals surface area contributed by atoms with Crippen LogP contribution in [0.25, 0.3) is 0 Å². The molecule has 2 heterocycles. The number of benzene rings is 1. The molecular formula is C20H30N6O2. The van der Waals surface area contributed by atoms with Crippen molar-refractivity contribution in [2.45, 2.75) is 59.9 Å². The van der Waals surface area contributed by atoms with Gasteiger partial charge in [0.15, 0.2) is 11.8 Å². The van der Waals surface area contributed by atoms with Crippen molar-refractivity contribution in [3.63, 3.8) is 0 Å². The van der Waals surface area contributed by atoms with Gasteiger partial charge in [0.25, 0.3) is 0 Å². The van der Waals surface area contributed by atoms with E-state index >= 15 is 0 Å². The van der Waals surface area contributed by atoms with Crippen LogP contribution < -0.4 is 20.1 Å². The van der Waals surface area contributed by atoms with Crippen LogP contribution in [-0.2, 0) is 26.1 Å². The van der Waals surface area contributed by atoms with Gasteiger partial charge in [-0.2, -0.15) is 0 Å². The second kappa shape index (κ2) is 9.43. The summed E-state index contributed by atoms with van der Waals surface area (Å²) in [4.78, 5) is 4.73. The van der Waals surface area contributed by atoms with Gasteiger partial charge in [0.05, 0.1) is 19.7 Å². The highest BCUT2D eigenvalue weighted by Crippen LogP contribution is 2.35. The minimum Gasteiger partial charge on any atom is -0.494 e. The minimum absolute atomic E-state index is 0.207. The molecule has 1 aromatic heterocycles. The van der Waals surface area contributed by atoms with Crippen LogP contribution in [0.3, 0.4) is 0 Å². The van der Waals surface area contributed by atoms with E-state index in [2.05, 4.69) is 46.8 Å². The lowest BCUT2D eigenvalue weighted by molar-refractivity contribution is 0.254. The highest BCUT2D eigenvalue weighted by Gasteiger charge is 2.21. The maximum absolute atomic E-state index is 5.90. The zero-order valence-corrected chi connectivity index (χ0v) is 17.2. The number of nitrogens with one attached hydrogen (secondary N) is 2. The molecule has 0 saturated heterocycles. The molecule has 2 aromatic rings. The first kappa shape index (κ1) is 20.0. The van der Waals surface area contributed by atoms with Crippen LogP contribution in [0.2, 0.25) is 0 Å². The van der Waals surface area contributed by atoms with E-state index in [0.717, 1.165) is 48.4 Å². The van der Waals surface area contributed by atoms with Gasteiger partial charge in [-0.1, -0.05) is 0 Å². The first-order valence-corrected chi connectivity index (χ1v) is 9.98. The minimum atomic E-state index is 0.207. The van der Waals surface area contributed by atoms with Crippen molar-refractivity contribution in [2.75, 3.05) is 13.2 Å². The van der Waals surface area contributed by atoms with E-state index in [9.17, 15) is 0 Å². The van der Waals surface area contributed by atoms with E-state index in [1.54, 1.807) is 6.33 Å². The summed E-state index contributed by atoms with van der Waals surface area (Å²) in [6.07, 6.45) is 2.86. The molecule has 0 spiro atoms. The summed E-state index contributed by atoms with van der Waals surface area (Å²) < 4.78 is 13.8. The lowest BCUT2D eigenvalue weighted by Gasteiger charge is -2.14. The molecular weight excluding hydrogens is 356 g/mol. The Morgan fingerprint density at radius 3 is 2.93 bits per heavy atom. The molecule has 0 aliphatic carbocycles. The third-order valence-corrected chi connectivity index (χ3v) is 4.58. The van der Waals surface area contributed by atoms with Crippen LogP contribution in [0.4, 0.5) is 0 Å². The Kier molecular flexibility index (Phi) is 6.73. The van der Waals surface area contributed by atoms with Crippen LogP contribution >= 0.6 is 0 Å². The van der Waals surface area contributed by atoms with Gasteiger partial charge in [-0.3, -0.25) is 0 Å². The Balaban J connectivity index is 1.74. The Bertz CT molecular complexity index is 817. The van der Waals surface area contributed by atoms with Crippen LogP contribution in [0.15, 0.2) is 23.5 Å². The normalized spacial score (nSPS) is 15.9. The quantitative estimate of drug-likeness (QED) is 0.535. The molecule has 0 bridgehead atoms. The molecule has 28 heavy (non-hydrogen) atoms. The lowest BCUT2D eigenvalue weighted by Crippen LogP contribution is -2.37. The molecule has 0 saturated carbocycles. The fourth-order valence-electron chi connectivity index (χ4n) is 3.24. The summed E-state index contributed by atoms with van der Waals surface area (Å²) in [6, 6.07) is 4.15. The fourth-order valence-corrected chi connectivity index (χ4v) is 3.24. The molecule has 0 fully saturated rings. The first-order chi connectivity index (χ1) is 13.6. The molecule has 0 amide bonds. The fraction of sp³-hybridized carbons (Fsp3) is 0.550. The topological polar surface area (TPSA) is 85.6 Å². The average molecular weight is 387 g/mol. The first-order valence-electron chi connectivity index (χ1n) is 9.98. The lowest BCUT2D eigenvalue weighted by atomic mass is 10.1. The van der Waals surface area contributed by atoms with Crippen LogP contribution in [-0.4, -0.2) is 40.0 Å². The van der Waals surface area contributed by atoms with Gasteiger partial charge >= 0.3 is 0 Å². The van der Waals surface area contributed by atoms with Crippen LogP contribution in [0.5, 0.6) is 11.5 Å². The predicted octanol–water partition coefficient (Wildman–Crippen LogP) is 2.28. The Labute approximate surface area is 166 Å². The standard InChI is InChI=1S/C20H30N6O2/c1-5-21-20(23-12-19-25-24-13-26(19)6-2)22-11-16-10-18-15(8-14(4)28-18)9-17(16)27-7-3/h9-10,13-14H,5-8,11-12H2,1-4H3,(H2,21,22,23). The summed E-state index contributed by atoms with van der Waals surface area (Å²) >= 11 is 0. The summed E-state index contributed by atoms with van der Waals surface area (Å²) in [5.74, 6) is 3.42. The molecule has 2 N–H and O–H groups in total. The van der Waals surface area contributed by atoms with Crippen molar-refractivity contribution in [2.24, 2.45) is 4.99 Å². The van der Waals surface area contributed by atoms with Gasteiger partial charge in [0.1, 0.15) is 23.9 Å². The number of aryl methyl sites for hydroxylation is 1. The number of nitrogens with zero attached hydrogens (tertiary/aromatic N) is 4. The zero-order valence-electron chi connectivity index (χ0n) is 17.2. The second-order valence-corrected chi connectivity index (χ2v) is 6.72. The highest BCUT2D eigenvalue weighted by molar-refractivity contribution is 5.79. The Hall–Kier alpha value is -2.77. The smallest absolute Gasteiger partial charge is 0.191 e. The molecule has 0 radical (unpaired) electrons. The predicted molar refractivity (Wildman–Crippen MR) is 109 cm³/mol. The van der Waals surface area contributed by atoms with Gasteiger partial charge in [-0.25, -0.2) is 4.99 Å². The van der Waals surface area contributed by atoms with Gasteiger partial charge in [-0.05, 0) is 39.8 Å². The molecule has 1 aliphatic rings. The largest absolute Gasteiger partial charge is 0.494 e. The number of guanidine groups is 1. The highest BCUT2D eigenvalue weighted by atomic mass is 16.5. The van der Waals surface area contributed by atoms with Crippen LogP contribution in [0, 0.1) is 0 Å². The molecule has 8 nitrogen and oxygen atoms in total. The molecule has 1 unspecified atom stereocenters. The van der Waals surface area contributed by atoms with Crippen molar-refractivity contribution in [3.8, 4) is 11.5 Å². The number of ether oxygens (including phenoxy) is 2. The van der Waals surface area contributed by atoms with E-state index in [1.807, 2.05) is 18.4 Å². The molecule has 1 atom stereocenters. The maximum Gasteiger partial charge on any atom is 0.191 e. The number of aromatic nitrogens is 3. The number of hydrogen-bond acceptors (Lipinski definition) is 5. The van der Waals surface area contributed by atoms with E-state index in [-0.39, 0.29) is 6.10 Å². The summed E-state index contributed by atoms with van der Waals surface area (Å²) in [5.41, 5.74) is 2.22. The summed E-state index contributed by atoms with van der Waals surface area (Å²) in [5, 5.41) is 14.7. The Morgan fingerprint density at radius 2 is 2.18 bits per heavy atom. The molecule has 152 valence electrons. The second-order valence-electron chi connectivity index (χ2n) is 6.72. The number of aliphatic imine (C=N–C) groups is 1. The molecule has 8 heteroatoms. The van der Waals surface area contributed by atoms with Crippen molar-refractivity contribution in [1.29, 1.82) is 0 Å². The van der Waals surface area contributed by atoms with Crippen LogP contribution in [0.1, 0.15) is 44.6 Å². The number of hydrogen-bond donors (Lipinski definition) is 2. The van der Waals surface area contributed by atoms with Crippen molar-refractivity contribution in [3.05, 3.63) is 35.4 Å². The van der Waals surface area contributed by atoms with Crippen molar-refractivity contribution in [1.82, 2.24) is 25.4 Å². The van der Waals surface area contributed by atoms with Crippen molar-refractivity contribution >= 4 is 5.96 Å².